The Kier molecular flexibility index (Phi) is 4.29. The number of nitrogens with one attached hydrogen (secondary N) is 2. The van der Waals surface area contributed by atoms with Gasteiger partial charge in [-0.15, -0.1) is 0 Å². The number of aromatic nitrogens is 2. The minimum Gasteiger partial charge on any atom is -0.479 e. The zero-order valence-electron chi connectivity index (χ0n) is 14.3. The summed E-state index contributed by atoms with van der Waals surface area (Å²) in [5.74, 6) is -0.00500. The van der Waals surface area contributed by atoms with Crippen molar-refractivity contribution >= 4 is 46.5 Å². The summed E-state index contributed by atoms with van der Waals surface area (Å²) < 4.78 is 7.28. The van der Waals surface area contributed by atoms with E-state index in [9.17, 15) is 9.59 Å². The average molecular weight is 383 g/mol. The molecule has 1 aliphatic heterocycles. The summed E-state index contributed by atoms with van der Waals surface area (Å²) in [7, 11) is 0. The number of halogens is 1. The fourth-order valence-electron chi connectivity index (χ4n) is 2.76. The first kappa shape index (κ1) is 17.1. The number of carbonyl (C=O) groups is 2. The smallest absolute Gasteiger partial charge is 0.265 e. The Morgan fingerprint density at radius 2 is 2.22 bits per heavy atom. The molecule has 7 nitrogen and oxygen atoms in total. The summed E-state index contributed by atoms with van der Waals surface area (Å²) >= 11 is 6.15. The molecule has 0 fully saturated rings. The number of imidazole rings is 1. The van der Waals surface area contributed by atoms with E-state index in [0.29, 0.717) is 33.6 Å². The van der Waals surface area contributed by atoms with E-state index >= 15 is 0 Å². The van der Waals surface area contributed by atoms with Crippen LogP contribution in [0, 0.1) is 0 Å². The molecule has 1 atom stereocenters. The largest absolute Gasteiger partial charge is 0.479 e. The highest BCUT2D eigenvalue weighted by atomic mass is 35.5. The fraction of sp³-hybridized carbons (Fsp3) is 0.105. The third-order valence-corrected chi connectivity index (χ3v) is 4.37. The summed E-state index contributed by atoms with van der Waals surface area (Å²) in [6.45, 7) is 1.67. The molecule has 0 radical (unpaired) electrons. The molecule has 3 heterocycles. The lowest BCUT2D eigenvalue weighted by Crippen LogP contribution is -2.34. The van der Waals surface area contributed by atoms with Crippen LogP contribution < -0.4 is 15.4 Å². The predicted octanol–water partition coefficient (Wildman–Crippen LogP) is 3.36. The Morgan fingerprint density at radius 1 is 1.37 bits per heavy atom. The monoisotopic (exact) mass is 382 g/mol. The second-order valence-corrected chi connectivity index (χ2v) is 6.36. The minimum atomic E-state index is -0.545. The maximum Gasteiger partial charge on any atom is 0.265 e. The van der Waals surface area contributed by atoms with Crippen molar-refractivity contribution in [1.82, 2.24) is 9.38 Å². The van der Waals surface area contributed by atoms with Gasteiger partial charge in [-0.05, 0) is 43.3 Å². The van der Waals surface area contributed by atoms with E-state index in [1.165, 1.54) is 6.08 Å². The Hall–Kier alpha value is -3.32. The molecule has 0 saturated carbocycles. The standard InChI is InChI=1S/C19H15ClN4O3/c1-11-19(26)22-13-10-12(5-7-15(13)27-11)21-17(25)8-6-14-18(20)23-16-4-2-3-9-24(14)16/h2-11H,1H3,(H,21,25)(H,22,26)/b8-6+/t11-/m1/s1. The Morgan fingerprint density at radius 3 is 3.07 bits per heavy atom. The summed E-state index contributed by atoms with van der Waals surface area (Å²) in [4.78, 5) is 28.2. The molecule has 4 rings (SSSR count). The molecule has 27 heavy (non-hydrogen) atoms. The van der Waals surface area contributed by atoms with Gasteiger partial charge in [-0.3, -0.25) is 14.0 Å². The van der Waals surface area contributed by atoms with Gasteiger partial charge in [-0.25, -0.2) is 4.98 Å². The minimum absolute atomic E-state index is 0.229. The number of hydrogen-bond acceptors (Lipinski definition) is 4. The number of fused-ring (bicyclic) bond motifs is 2. The van der Waals surface area contributed by atoms with E-state index in [-0.39, 0.29) is 11.8 Å². The molecule has 0 spiro atoms. The zero-order chi connectivity index (χ0) is 19.0. The number of nitrogens with zero attached hydrogens (tertiary/aromatic N) is 2. The van der Waals surface area contributed by atoms with Crippen LogP contribution in [0.1, 0.15) is 12.6 Å². The summed E-state index contributed by atoms with van der Waals surface area (Å²) in [5, 5.41) is 5.80. The van der Waals surface area contributed by atoms with E-state index in [1.807, 2.05) is 24.4 Å². The fourth-order valence-corrected chi connectivity index (χ4v) is 3.00. The zero-order valence-corrected chi connectivity index (χ0v) is 15.0. The molecule has 2 N–H and O–H groups in total. The van der Waals surface area contributed by atoms with Gasteiger partial charge in [-0.1, -0.05) is 17.7 Å². The van der Waals surface area contributed by atoms with Crippen molar-refractivity contribution < 1.29 is 14.3 Å². The highest BCUT2D eigenvalue weighted by Gasteiger charge is 2.23. The molecule has 8 heteroatoms. The third kappa shape index (κ3) is 3.37. The number of rotatable bonds is 3. The molecule has 1 aromatic carbocycles. The first-order chi connectivity index (χ1) is 13.0. The van der Waals surface area contributed by atoms with Crippen LogP contribution >= 0.6 is 11.6 Å². The van der Waals surface area contributed by atoms with Crippen molar-refractivity contribution in [2.75, 3.05) is 10.6 Å². The summed E-state index contributed by atoms with van der Waals surface area (Å²) in [6.07, 6.45) is 4.25. The van der Waals surface area contributed by atoms with Crippen molar-refractivity contribution in [3.63, 3.8) is 0 Å². The van der Waals surface area contributed by atoms with Crippen molar-refractivity contribution in [1.29, 1.82) is 0 Å². The molecule has 0 aliphatic carbocycles. The van der Waals surface area contributed by atoms with E-state index in [4.69, 9.17) is 16.3 Å². The van der Waals surface area contributed by atoms with Gasteiger partial charge in [0.05, 0.1) is 11.4 Å². The van der Waals surface area contributed by atoms with E-state index in [2.05, 4.69) is 15.6 Å². The maximum atomic E-state index is 12.3. The van der Waals surface area contributed by atoms with E-state index < -0.39 is 6.10 Å². The number of amides is 2. The molecular weight excluding hydrogens is 368 g/mol. The molecule has 0 bridgehead atoms. The highest BCUT2D eigenvalue weighted by molar-refractivity contribution is 6.31. The van der Waals surface area contributed by atoms with Crippen molar-refractivity contribution in [3.8, 4) is 5.75 Å². The van der Waals surface area contributed by atoms with Crippen LogP contribution in [0.25, 0.3) is 11.7 Å². The Bertz CT molecular complexity index is 1090. The molecule has 0 saturated heterocycles. The molecule has 136 valence electrons. The van der Waals surface area contributed by atoms with Crippen LogP contribution in [0.3, 0.4) is 0 Å². The van der Waals surface area contributed by atoms with Gasteiger partial charge < -0.3 is 15.4 Å². The predicted molar refractivity (Wildman–Crippen MR) is 103 cm³/mol. The number of benzene rings is 1. The van der Waals surface area contributed by atoms with Crippen LogP contribution in [0.15, 0.2) is 48.7 Å². The van der Waals surface area contributed by atoms with E-state index in [1.54, 1.807) is 35.6 Å². The first-order valence-electron chi connectivity index (χ1n) is 8.24. The average Bonchev–Trinajstić information content (AvgIpc) is 2.96. The molecule has 0 unspecified atom stereocenters. The van der Waals surface area contributed by atoms with Gasteiger partial charge in [0.1, 0.15) is 11.4 Å². The number of hydrogen-bond donors (Lipinski definition) is 2. The number of anilines is 2. The first-order valence-corrected chi connectivity index (χ1v) is 8.62. The quantitative estimate of drug-likeness (QED) is 0.680. The van der Waals surface area contributed by atoms with Crippen LogP contribution in [0.2, 0.25) is 5.15 Å². The normalized spacial score (nSPS) is 16.1. The number of ether oxygens (including phenoxy) is 1. The second-order valence-electron chi connectivity index (χ2n) is 6.00. The molecule has 2 aromatic heterocycles. The molecule has 1 aliphatic rings. The van der Waals surface area contributed by atoms with Crippen molar-refractivity contribution in [2.45, 2.75) is 13.0 Å². The van der Waals surface area contributed by atoms with Crippen molar-refractivity contribution in [2.24, 2.45) is 0 Å². The lowest BCUT2D eigenvalue weighted by molar-refractivity contribution is -0.122. The topological polar surface area (TPSA) is 84.7 Å². The maximum absolute atomic E-state index is 12.3. The molecule has 3 aromatic rings. The van der Waals surface area contributed by atoms with Crippen LogP contribution in [-0.2, 0) is 9.59 Å². The SMILES string of the molecule is C[C@H]1Oc2ccc(NC(=O)/C=C/c3c(Cl)nc4ccccn34)cc2NC1=O. The van der Waals surface area contributed by atoms with E-state index in [0.717, 1.165) is 0 Å². The summed E-state index contributed by atoms with van der Waals surface area (Å²) in [5.41, 5.74) is 2.36. The number of carbonyl (C=O) groups excluding carboxylic acids is 2. The highest BCUT2D eigenvalue weighted by Crippen LogP contribution is 2.32. The second kappa shape index (κ2) is 6.77. The molecular formula is C19H15ClN4O3. The van der Waals surface area contributed by atoms with Crippen molar-refractivity contribution in [3.05, 3.63) is 59.5 Å². The Labute approximate surface area is 159 Å². The van der Waals surface area contributed by atoms with Gasteiger partial charge in [0.25, 0.3) is 5.91 Å². The van der Waals surface area contributed by atoms with Crippen LogP contribution in [-0.4, -0.2) is 27.3 Å². The van der Waals surface area contributed by atoms with Gasteiger partial charge in [-0.2, -0.15) is 0 Å². The lowest BCUT2D eigenvalue weighted by Gasteiger charge is -2.23. The Balaban J connectivity index is 1.51. The summed E-state index contributed by atoms with van der Waals surface area (Å²) in [6, 6.07) is 10.6. The van der Waals surface area contributed by atoms with Gasteiger partial charge in [0, 0.05) is 18.0 Å². The van der Waals surface area contributed by atoms with Gasteiger partial charge in [0.2, 0.25) is 5.91 Å². The lowest BCUT2D eigenvalue weighted by atomic mass is 10.2. The molecule has 2 amide bonds. The van der Waals surface area contributed by atoms with Crippen LogP contribution in [0.5, 0.6) is 5.75 Å². The van der Waals surface area contributed by atoms with Gasteiger partial charge >= 0.3 is 0 Å². The van der Waals surface area contributed by atoms with Crippen LogP contribution in [0.4, 0.5) is 11.4 Å². The number of pyridine rings is 1. The third-order valence-electron chi connectivity index (χ3n) is 4.09. The van der Waals surface area contributed by atoms with Gasteiger partial charge in [0.15, 0.2) is 11.3 Å².